The van der Waals surface area contributed by atoms with Crippen LogP contribution in [0.2, 0.25) is 0 Å². The van der Waals surface area contributed by atoms with Crippen molar-refractivity contribution in [1.29, 1.82) is 0 Å². The van der Waals surface area contributed by atoms with Gasteiger partial charge in [0.1, 0.15) is 6.33 Å². The lowest BCUT2D eigenvalue weighted by molar-refractivity contribution is -0.121. The quantitative estimate of drug-likeness (QED) is 0.658. The molecule has 1 rings (SSSR count). The van der Waals surface area contributed by atoms with E-state index in [0.29, 0.717) is 31.3 Å². The minimum Gasteiger partial charge on any atom is -0.481 e. The summed E-state index contributed by atoms with van der Waals surface area (Å²) in [7, 11) is 3.09. The Labute approximate surface area is 125 Å². The molecular formula is C14H24N4O3. The summed E-state index contributed by atoms with van der Waals surface area (Å²) in [6.07, 6.45) is 2.73. The molecule has 2 N–H and O–H groups in total. The van der Waals surface area contributed by atoms with Crippen LogP contribution in [0.25, 0.3) is 0 Å². The Kier molecular flexibility index (Phi) is 7.45. The molecule has 0 saturated heterocycles. The number of hydrogen-bond acceptors (Lipinski definition) is 6. The molecule has 1 aromatic rings. The van der Waals surface area contributed by atoms with E-state index in [1.807, 2.05) is 13.8 Å². The normalized spacial score (nSPS) is 11.8. The molecular weight excluding hydrogens is 272 g/mol. The Morgan fingerprint density at radius 2 is 1.90 bits per heavy atom. The van der Waals surface area contributed by atoms with Crippen molar-refractivity contribution in [3.05, 3.63) is 11.9 Å². The molecule has 0 fully saturated rings. The molecule has 7 heteroatoms. The molecule has 0 aliphatic carbocycles. The van der Waals surface area contributed by atoms with Crippen LogP contribution in [0.3, 0.4) is 0 Å². The zero-order chi connectivity index (χ0) is 15.7. The Morgan fingerprint density at radius 1 is 1.29 bits per heavy atom. The van der Waals surface area contributed by atoms with E-state index in [1.165, 1.54) is 6.33 Å². The van der Waals surface area contributed by atoms with Crippen LogP contribution in [-0.4, -0.2) is 42.7 Å². The fourth-order valence-electron chi connectivity index (χ4n) is 1.75. The third-order valence-electron chi connectivity index (χ3n) is 3.10. The number of ether oxygens (including phenoxy) is 2. The lowest BCUT2D eigenvalue weighted by Crippen LogP contribution is -2.33. The first-order chi connectivity index (χ1) is 10.1. The van der Waals surface area contributed by atoms with Crippen molar-refractivity contribution in [2.24, 2.45) is 0 Å². The van der Waals surface area contributed by atoms with Crippen molar-refractivity contribution in [2.75, 3.05) is 20.8 Å². The first kappa shape index (κ1) is 17.2. The second kappa shape index (κ2) is 9.12. The van der Waals surface area contributed by atoms with Gasteiger partial charge in [0.15, 0.2) is 0 Å². The minimum atomic E-state index is 0.0418. The number of nitrogens with zero attached hydrogens (tertiary/aromatic N) is 2. The van der Waals surface area contributed by atoms with Gasteiger partial charge in [0.25, 0.3) is 0 Å². The van der Waals surface area contributed by atoms with E-state index < -0.39 is 0 Å². The smallest absolute Gasteiger partial charge is 0.224 e. The van der Waals surface area contributed by atoms with E-state index >= 15 is 0 Å². The second-order valence-electron chi connectivity index (χ2n) is 4.67. The molecule has 0 aliphatic rings. The van der Waals surface area contributed by atoms with E-state index in [1.54, 1.807) is 14.2 Å². The molecule has 1 aromatic heterocycles. The summed E-state index contributed by atoms with van der Waals surface area (Å²) < 4.78 is 10.4. The van der Waals surface area contributed by atoms with E-state index in [2.05, 4.69) is 20.6 Å². The number of nitrogens with one attached hydrogen (secondary N) is 2. The van der Waals surface area contributed by atoms with Crippen LogP contribution in [-0.2, 0) is 11.3 Å². The predicted molar refractivity (Wildman–Crippen MR) is 79.4 cm³/mol. The van der Waals surface area contributed by atoms with E-state index in [9.17, 15) is 4.79 Å². The van der Waals surface area contributed by atoms with Crippen molar-refractivity contribution in [1.82, 2.24) is 20.6 Å². The van der Waals surface area contributed by atoms with Gasteiger partial charge in [-0.05, 0) is 13.3 Å². The number of carbonyl (C=O) groups is 1. The maximum atomic E-state index is 11.6. The fourth-order valence-corrected chi connectivity index (χ4v) is 1.75. The van der Waals surface area contributed by atoms with Crippen LogP contribution in [0.1, 0.15) is 32.3 Å². The molecule has 118 valence electrons. The van der Waals surface area contributed by atoms with Crippen molar-refractivity contribution in [2.45, 2.75) is 39.3 Å². The molecule has 1 atom stereocenters. The standard InChI is InChI=1S/C14H24N4O3/c1-5-10(2)18-12(19)6-7-15-8-11-13(20-3)16-9-17-14(11)21-4/h9-10,15H,5-8H2,1-4H3,(H,18,19). The minimum absolute atomic E-state index is 0.0418. The van der Waals surface area contributed by atoms with Gasteiger partial charge in [-0.1, -0.05) is 6.92 Å². The number of methoxy groups -OCH3 is 2. The highest BCUT2D eigenvalue weighted by atomic mass is 16.5. The number of hydrogen-bond donors (Lipinski definition) is 2. The highest BCUT2D eigenvalue weighted by Gasteiger charge is 2.12. The summed E-state index contributed by atoms with van der Waals surface area (Å²) in [6.45, 7) is 5.06. The van der Waals surface area contributed by atoms with Crippen LogP contribution >= 0.6 is 0 Å². The summed E-state index contributed by atoms with van der Waals surface area (Å²) in [4.78, 5) is 19.7. The Bertz CT molecular complexity index is 432. The topological polar surface area (TPSA) is 85.4 Å². The second-order valence-corrected chi connectivity index (χ2v) is 4.67. The summed E-state index contributed by atoms with van der Waals surface area (Å²) in [5, 5.41) is 6.09. The van der Waals surface area contributed by atoms with Crippen LogP contribution in [0.4, 0.5) is 0 Å². The molecule has 0 aliphatic heterocycles. The molecule has 0 saturated carbocycles. The summed E-state index contributed by atoms with van der Waals surface area (Å²) in [6, 6.07) is 0.209. The molecule has 0 spiro atoms. The molecule has 0 aromatic carbocycles. The maximum absolute atomic E-state index is 11.6. The molecule has 0 bridgehead atoms. The average molecular weight is 296 g/mol. The Balaban J connectivity index is 2.44. The molecule has 1 heterocycles. The monoisotopic (exact) mass is 296 g/mol. The molecule has 21 heavy (non-hydrogen) atoms. The van der Waals surface area contributed by atoms with Crippen LogP contribution < -0.4 is 20.1 Å². The Morgan fingerprint density at radius 3 is 2.43 bits per heavy atom. The van der Waals surface area contributed by atoms with Gasteiger partial charge < -0.3 is 20.1 Å². The summed E-state index contributed by atoms with van der Waals surface area (Å²) in [5.74, 6) is 0.983. The van der Waals surface area contributed by atoms with E-state index in [0.717, 1.165) is 12.0 Å². The van der Waals surface area contributed by atoms with Gasteiger partial charge in [0.05, 0.1) is 19.8 Å². The molecule has 1 amide bonds. The molecule has 1 unspecified atom stereocenters. The lowest BCUT2D eigenvalue weighted by atomic mass is 10.2. The number of rotatable bonds is 9. The number of aromatic nitrogens is 2. The zero-order valence-electron chi connectivity index (χ0n) is 13.1. The first-order valence-corrected chi connectivity index (χ1v) is 7.04. The highest BCUT2D eigenvalue weighted by molar-refractivity contribution is 5.76. The van der Waals surface area contributed by atoms with Crippen LogP contribution in [0.15, 0.2) is 6.33 Å². The zero-order valence-corrected chi connectivity index (χ0v) is 13.1. The van der Waals surface area contributed by atoms with Gasteiger partial charge in [-0.15, -0.1) is 0 Å². The largest absolute Gasteiger partial charge is 0.481 e. The number of amides is 1. The Hall–Kier alpha value is -1.89. The van der Waals surface area contributed by atoms with Crippen molar-refractivity contribution < 1.29 is 14.3 Å². The van der Waals surface area contributed by atoms with Crippen LogP contribution in [0, 0.1) is 0 Å². The van der Waals surface area contributed by atoms with Crippen LogP contribution in [0.5, 0.6) is 11.8 Å². The predicted octanol–water partition coefficient (Wildman–Crippen LogP) is 0.888. The molecule has 7 nitrogen and oxygen atoms in total. The third kappa shape index (κ3) is 5.55. The number of carbonyl (C=O) groups excluding carboxylic acids is 1. The van der Waals surface area contributed by atoms with E-state index in [4.69, 9.17) is 9.47 Å². The SMILES string of the molecule is CCC(C)NC(=O)CCNCc1c(OC)ncnc1OC. The fraction of sp³-hybridized carbons (Fsp3) is 0.643. The summed E-state index contributed by atoms with van der Waals surface area (Å²) >= 11 is 0. The molecule has 0 radical (unpaired) electrons. The lowest BCUT2D eigenvalue weighted by Gasteiger charge is -2.13. The summed E-state index contributed by atoms with van der Waals surface area (Å²) in [5.41, 5.74) is 0.741. The van der Waals surface area contributed by atoms with Crippen molar-refractivity contribution in [3.63, 3.8) is 0 Å². The average Bonchev–Trinajstić information content (AvgIpc) is 2.50. The maximum Gasteiger partial charge on any atom is 0.224 e. The van der Waals surface area contributed by atoms with Gasteiger partial charge >= 0.3 is 0 Å². The first-order valence-electron chi connectivity index (χ1n) is 7.04. The van der Waals surface area contributed by atoms with Gasteiger partial charge in [-0.2, -0.15) is 0 Å². The van der Waals surface area contributed by atoms with Crippen molar-refractivity contribution >= 4 is 5.91 Å². The van der Waals surface area contributed by atoms with Gasteiger partial charge in [-0.25, -0.2) is 9.97 Å². The van der Waals surface area contributed by atoms with Gasteiger partial charge in [0.2, 0.25) is 17.7 Å². The van der Waals surface area contributed by atoms with Gasteiger partial charge in [0, 0.05) is 25.6 Å². The third-order valence-corrected chi connectivity index (χ3v) is 3.10. The van der Waals surface area contributed by atoms with Crippen molar-refractivity contribution in [3.8, 4) is 11.8 Å². The van der Waals surface area contributed by atoms with Gasteiger partial charge in [-0.3, -0.25) is 4.79 Å². The van der Waals surface area contributed by atoms with E-state index in [-0.39, 0.29) is 11.9 Å². The highest BCUT2D eigenvalue weighted by Crippen LogP contribution is 2.22.